The lowest BCUT2D eigenvalue weighted by atomic mass is 9.86. The molecule has 1 aromatic carbocycles. The van der Waals surface area contributed by atoms with Crippen LogP contribution in [0.15, 0.2) is 18.2 Å². The number of hydrogen-bond donors (Lipinski definition) is 3. The average Bonchev–Trinajstić information content (AvgIpc) is 2.80. The van der Waals surface area contributed by atoms with Crippen molar-refractivity contribution in [1.82, 2.24) is 20.3 Å². The van der Waals surface area contributed by atoms with Crippen molar-refractivity contribution in [3.05, 3.63) is 34.9 Å². The Bertz CT molecular complexity index is 796. The molecule has 35 heavy (non-hydrogen) atoms. The van der Waals surface area contributed by atoms with E-state index >= 15 is 0 Å². The zero-order valence-corrected chi connectivity index (χ0v) is 23.5. The fourth-order valence-corrected chi connectivity index (χ4v) is 7.55. The van der Waals surface area contributed by atoms with Gasteiger partial charge in [-0.05, 0) is 74.1 Å². The minimum absolute atomic E-state index is 0.0159. The summed E-state index contributed by atoms with van der Waals surface area (Å²) in [5.41, 5.74) is 4.35. The van der Waals surface area contributed by atoms with Gasteiger partial charge in [0.05, 0.1) is 6.61 Å². The molecule has 0 radical (unpaired) electrons. The van der Waals surface area contributed by atoms with Gasteiger partial charge in [0, 0.05) is 30.9 Å². The third-order valence-corrected chi connectivity index (χ3v) is 8.97. The number of nitrogens with one attached hydrogen (secondary N) is 3. The van der Waals surface area contributed by atoms with Crippen LogP contribution >= 0.6 is 11.9 Å². The van der Waals surface area contributed by atoms with E-state index in [9.17, 15) is 0 Å². The standard InChI is InChI=1S/C28H48N4O2S/c1-19-9-7-10-20(2)26(19)24-14-25-31-27(30-24)32(18-33-6)35-23-12-8-11-21(13-23)16-29-22(17-34-25)15-28(3,4)5/h7,9-10,21-25,27,29-31H,8,11-18H2,1-6H3/t21?,22-,23?,24?,25?,27?/m1/s1. The van der Waals surface area contributed by atoms with E-state index in [1.165, 1.54) is 42.4 Å². The lowest BCUT2D eigenvalue weighted by molar-refractivity contribution is -0.0527. The Morgan fingerprint density at radius 3 is 2.60 bits per heavy atom. The lowest BCUT2D eigenvalue weighted by Gasteiger charge is -2.44. The first-order valence-corrected chi connectivity index (χ1v) is 14.4. The highest BCUT2D eigenvalue weighted by atomic mass is 32.2. The molecule has 1 aromatic rings. The van der Waals surface area contributed by atoms with Crippen LogP contribution in [0.4, 0.5) is 0 Å². The molecular formula is C28H48N4O2S. The molecular weight excluding hydrogens is 456 g/mol. The van der Waals surface area contributed by atoms with Gasteiger partial charge in [-0.15, -0.1) is 0 Å². The predicted octanol–water partition coefficient (Wildman–Crippen LogP) is 5.07. The lowest BCUT2D eigenvalue weighted by Crippen LogP contribution is -2.62. The predicted molar refractivity (Wildman–Crippen MR) is 146 cm³/mol. The number of methoxy groups -OCH3 is 1. The van der Waals surface area contributed by atoms with E-state index in [1.807, 2.05) is 11.9 Å². The summed E-state index contributed by atoms with van der Waals surface area (Å²) in [6.45, 7) is 13.9. The monoisotopic (exact) mass is 504 g/mol. The van der Waals surface area contributed by atoms with Crippen LogP contribution in [-0.4, -0.2) is 55.1 Å². The fourth-order valence-electron chi connectivity index (χ4n) is 6.13. The summed E-state index contributed by atoms with van der Waals surface area (Å²) in [6.07, 6.45) is 7.16. The van der Waals surface area contributed by atoms with Crippen molar-refractivity contribution in [3.8, 4) is 0 Å². The molecule has 1 saturated carbocycles. The first-order valence-electron chi connectivity index (χ1n) is 13.6. The Labute approximate surface area is 217 Å². The highest BCUT2D eigenvalue weighted by molar-refractivity contribution is 7.97. The Hall–Kier alpha value is -0.670. The molecule has 2 saturated heterocycles. The molecule has 0 spiro atoms. The van der Waals surface area contributed by atoms with Crippen molar-refractivity contribution < 1.29 is 9.47 Å². The Balaban J connectivity index is 1.61. The van der Waals surface area contributed by atoms with Crippen molar-refractivity contribution in [3.63, 3.8) is 0 Å². The van der Waals surface area contributed by atoms with Crippen LogP contribution in [0.3, 0.4) is 0 Å². The Morgan fingerprint density at radius 2 is 1.89 bits per heavy atom. The maximum Gasteiger partial charge on any atom is 0.128 e. The van der Waals surface area contributed by atoms with Crippen molar-refractivity contribution in [2.45, 2.75) is 103 Å². The van der Waals surface area contributed by atoms with Gasteiger partial charge >= 0.3 is 0 Å². The number of nitrogens with zero attached hydrogens (tertiary/aromatic N) is 1. The van der Waals surface area contributed by atoms with Crippen molar-refractivity contribution in [2.75, 3.05) is 27.0 Å². The van der Waals surface area contributed by atoms with E-state index in [2.05, 4.69) is 73.1 Å². The molecule has 6 atom stereocenters. The first kappa shape index (κ1) is 27.4. The third kappa shape index (κ3) is 7.67. The molecule has 3 N–H and O–H groups in total. The quantitative estimate of drug-likeness (QED) is 0.495. The topological polar surface area (TPSA) is 57.8 Å². The number of fused-ring (bicyclic) bond motifs is 4. The number of benzene rings is 1. The van der Waals surface area contributed by atoms with Crippen LogP contribution in [0, 0.1) is 25.2 Å². The molecule has 3 fully saturated rings. The van der Waals surface area contributed by atoms with E-state index < -0.39 is 0 Å². The van der Waals surface area contributed by atoms with Gasteiger partial charge in [0.1, 0.15) is 19.2 Å². The fraction of sp³-hybridized carbons (Fsp3) is 0.786. The van der Waals surface area contributed by atoms with Gasteiger partial charge in [0.25, 0.3) is 0 Å². The molecule has 6 nitrogen and oxygen atoms in total. The molecule has 2 heterocycles. The van der Waals surface area contributed by atoms with Crippen LogP contribution in [0.25, 0.3) is 0 Å². The normalized spacial score (nSPS) is 33.4. The van der Waals surface area contributed by atoms with Gasteiger partial charge < -0.3 is 14.8 Å². The second kappa shape index (κ2) is 12.2. The largest absolute Gasteiger partial charge is 0.368 e. The molecule has 4 rings (SSSR count). The summed E-state index contributed by atoms with van der Waals surface area (Å²) >= 11 is 1.98. The molecule has 0 amide bonds. The van der Waals surface area contributed by atoms with Gasteiger partial charge in [-0.1, -0.05) is 57.3 Å². The van der Waals surface area contributed by atoms with E-state index in [4.69, 9.17) is 9.47 Å². The van der Waals surface area contributed by atoms with Gasteiger partial charge in [-0.2, -0.15) is 4.31 Å². The minimum atomic E-state index is -0.0189. The summed E-state index contributed by atoms with van der Waals surface area (Å²) in [7, 11) is 1.80. The van der Waals surface area contributed by atoms with Crippen LogP contribution in [0.1, 0.15) is 82.0 Å². The number of rotatable bonds is 4. The zero-order chi connectivity index (χ0) is 25.0. The molecule has 7 heteroatoms. The maximum absolute atomic E-state index is 6.66. The smallest absolute Gasteiger partial charge is 0.128 e. The number of aryl methyl sites for hydroxylation is 2. The third-order valence-electron chi connectivity index (χ3n) is 7.66. The van der Waals surface area contributed by atoms with E-state index in [0.717, 1.165) is 31.9 Å². The summed E-state index contributed by atoms with van der Waals surface area (Å²) < 4.78 is 14.7. The molecule has 3 aliphatic rings. The van der Waals surface area contributed by atoms with Gasteiger partial charge in [-0.3, -0.25) is 10.6 Å². The van der Waals surface area contributed by atoms with Crippen molar-refractivity contribution in [2.24, 2.45) is 11.3 Å². The number of ether oxygens (including phenoxy) is 2. The van der Waals surface area contributed by atoms with E-state index in [0.29, 0.717) is 18.0 Å². The molecule has 2 aliphatic heterocycles. The molecule has 0 aromatic heterocycles. The van der Waals surface area contributed by atoms with Gasteiger partial charge in [-0.25, -0.2) is 0 Å². The molecule has 5 unspecified atom stereocenters. The van der Waals surface area contributed by atoms with E-state index in [1.54, 1.807) is 7.11 Å². The van der Waals surface area contributed by atoms with Crippen molar-refractivity contribution >= 4 is 11.9 Å². The van der Waals surface area contributed by atoms with Crippen molar-refractivity contribution in [1.29, 1.82) is 0 Å². The van der Waals surface area contributed by atoms with Crippen LogP contribution in [-0.2, 0) is 9.47 Å². The average molecular weight is 505 g/mol. The SMILES string of the molecule is COCN1SC2CCCC(CN[C@H](CC(C)(C)C)COC3CC(c4c(C)cccc4C)NC1N3)C2. The Kier molecular flexibility index (Phi) is 9.58. The zero-order valence-electron chi connectivity index (χ0n) is 22.7. The van der Waals surface area contributed by atoms with Crippen LogP contribution < -0.4 is 16.0 Å². The summed E-state index contributed by atoms with van der Waals surface area (Å²) in [5.74, 6) is 0.733. The summed E-state index contributed by atoms with van der Waals surface area (Å²) in [5, 5.41) is 12.3. The second-order valence-electron chi connectivity index (χ2n) is 12.1. The second-order valence-corrected chi connectivity index (χ2v) is 13.5. The first-order chi connectivity index (χ1) is 16.7. The van der Waals surface area contributed by atoms with Crippen LogP contribution in [0.5, 0.6) is 0 Å². The molecule has 198 valence electrons. The van der Waals surface area contributed by atoms with E-state index in [-0.39, 0.29) is 24.0 Å². The minimum Gasteiger partial charge on any atom is -0.368 e. The highest BCUT2D eigenvalue weighted by Crippen LogP contribution is 2.37. The summed E-state index contributed by atoms with van der Waals surface area (Å²) in [6, 6.07) is 7.21. The maximum atomic E-state index is 6.66. The summed E-state index contributed by atoms with van der Waals surface area (Å²) in [4.78, 5) is 0. The Morgan fingerprint density at radius 1 is 1.11 bits per heavy atom. The number of hydrogen-bond acceptors (Lipinski definition) is 7. The molecule has 1 aliphatic carbocycles. The van der Waals surface area contributed by atoms with Gasteiger partial charge in [0.15, 0.2) is 0 Å². The molecule has 4 bridgehead atoms. The highest BCUT2D eigenvalue weighted by Gasteiger charge is 2.36. The van der Waals surface area contributed by atoms with Gasteiger partial charge in [0.2, 0.25) is 0 Å². The van der Waals surface area contributed by atoms with Crippen LogP contribution in [0.2, 0.25) is 0 Å².